The van der Waals surface area contributed by atoms with Gasteiger partial charge in [-0.1, -0.05) is 36.4 Å². The minimum atomic E-state index is -1.13. The molecular weight excluding hydrogens is 272 g/mol. The summed E-state index contributed by atoms with van der Waals surface area (Å²) in [5.74, 6) is -1.13. The summed E-state index contributed by atoms with van der Waals surface area (Å²) < 4.78 is 5.03. The van der Waals surface area contributed by atoms with Gasteiger partial charge in [0.05, 0.1) is 0 Å². The Balaban J connectivity index is 1.86. The highest BCUT2D eigenvalue weighted by Gasteiger charge is 2.12. The van der Waals surface area contributed by atoms with E-state index < -0.39 is 12.1 Å². The first-order valence-electron chi connectivity index (χ1n) is 6.28. The molecule has 0 radical (unpaired) electrons. The Kier molecular flexibility index (Phi) is 4.87. The number of rotatable bonds is 5. The summed E-state index contributed by atoms with van der Waals surface area (Å²) >= 11 is 0. The van der Waals surface area contributed by atoms with Gasteiger partial charge in [-0.05, 0) is 11.6 Å². The number of pyridine rings is 1. The van der Waals surface area contributed by atoms with Crippen LogP contribution in [0.25, 0.3) is 0 Å². The molecule has 0 bridgehead atoms. The standard InChI is InChI=1S/C15H14N2O4/c18-14(19)13-12(7-4-8-16-13)9-17-15(20)21-10-11-5-2-1-3-6-11/h1-8H,9-10H2,(H,17,20)(H,18,19). The predicted molar refractivity (Wildman–Crippen MR) is 74.7 cm³/mol. The van der Waals surface area contributed by atoms with Crippen molar-refractivity contribution >= 4 is 12.1 Å². The van der Waals surface area contributed by atoms with Crippen LogP contribution in [0.2, 0.25) is 0 Å². The molecule has 108 valence electrons. The van der Waals surface area contributed by atoms with E-state index in [0.29, 0.717) is 5.56 Å². The van der Waals surface area contributed by atoms with E-state index in [-0.39, 0.29) is 18.8 Å². The number of carboxylic acid groups (broad SMARTS) is 1. The molecule has 2 aromatic rings. The molecule has 0 saturated heterocycles. The highest BCUT2D eigenvalue weighted by Crippen LogP contribution is 2.05. The highest BCUT2D eigenvalue weighted by atomic mass is 16.5. The number of hydrogen-bond acceptors (Lipinski definition) is 4. The molecule has 1 aromatic heterocycles. The molecule has 21 heavy (non-hydrogen) atoms. The van der Waals surface area contributed by atoms with Crippen molar-refractivity contribution in [3.63, 3.8) is 0 Å². The van der Waals surface area contributed by atoms with Crippen molar-refractivity contribution in [3.05, 3.63) is 65.5 Å². The van der Waals surface area contributed by atoms with Gasteiger partial charge >= 0.3 is 12.1 Å². The number of hydrogen-bond donors (Lipinski definition) is 2. The van der Waals surface area contributed by atoms with Gasteiger partial charge in [-0.3, -0.25) is 0 Å². The van der Waals surface area contributed by atoms with Crippen LogP contribution < -0.4 is 5.32 Å². The van der Waals surface area contributed by atoms with Crippen molar-refractivity contribution in [2.75, 3.05) is 0 Å². The third kappa shape index (κ3) is 4.31. The number of carbonyl (C=O) groups excluding carboxylic acids is 1. The number of benzene rings is 1. The average Bonchev–Trinajstić information content (AvgIpc) is 2.52. The highest BCUT2D eigenvalue weighted by molar-refractivity contribution is 5.87. The van der Waals surface area contributed by atoms with Crippen LogP contribution in [0, 0.1) is 0 Å². The number of carbonyl (C=O) groups is 2. The van der Waals surface area contributed by atoms with Crippen molar-refractivity contribution in [2.45, 2.75) is 13.2 Å². The molecule has 0 aliphatic carbocycles. The van der Waals surface area contributed by atoms with Crippen LogP contribution in [0.3, 0.4) is 0 Å². The Hall–Kier alpha value is -2.89. The second-order valence-corrected chi connectivity index (χ2v) is 4.23. The van der Waals surface area contributed by atoms with Crippen molar-refractivity contribution < 1.29 is 19.4 Å². The quantitative estimate of drug-likeness (QED) is 0.879. The first kappa shape index (κ1) is 14.5. The van der Waals surface area contributed by atoms with Gasteiger partial charge < -0.3 is 15.2 Å². The number of aromatic nitrogens is 1. The minimum absolute atomic E-state index is 0.0447. The molecule has 6 nitrogen and oxygen atoms in total. The number of amides is 1. The molecule has 1 heterocycles. The van der Waals surface area contributed by atoms with E-state index >= 15 is 0 Å². The van der Waals surface area contributed by atoms with E-state index in [1.54, 1.807) is 12.1 Å². The summed E-state index contributed by atoms with van der Waals surface area (Å²) in [4.78, 5) is 26.3. The number of ether oxygens (including phenoxy) is 1. The molecule has 0 aliphatic rings. The number of aromatic carboxylic acids is 1. The monoisotopic (exact) mass is 286 g/mol. The number of nitrogens with one attached hydrogen (secondary N) is 1. The van der Waals surface area contributed by atoms with Crippen molar-refractivity contribution in [2.24, 2.45) is 0 Å². The molecule has 0 spiro atoms. The SMILES string of the molecule is O=C(NCc1cccnc1C(=O)O)OCc1ccccc1. The summed E-state index contributed by atoms with van der Waals surface area (Å²) in [6, 6.07) is 12.5. The fourth-order valence-corrected chi connectivity index (χ4v) is 1.72. The lowest BCUT2D eigenvalue weighted by Gasteiger charge is -2.08. The molecule has 0 aliphatic heterocycles. The van der Waals surface area contributed by atoms with Gasteiger partial charge in [0.1, 0.15) is 6.61 Å². The van der Waals surface area contributed by atoms with E-state index in [1.165, 1.54) is 6.20 Å². The van der Waals surface area contributed by atoms with Crippen LogP contribution in [0.15, 0.2) is 48.7 Å². The molecule has 2 rings (SSSR count). The smallest absolute Gasteiger partial charge is 0.407 e. The van der Waals surface area contributed by atoms with Gasteiger partial charge in [-0.25, -0.2) is 14.6 Å². The Bertz CT molecular complexity index is 629. The molecule has 0 fully saturated rings. The Morgan fingerprint density at radius 3 is 2.62 bits per heavy atom. The van der Waals surface area contributed by atoms with Gasteiger partial charge in [0.25, 0.3) is 0 Å². The summed E-state index contributed by atoms with van der Waals surface area (Å²) in [6.07, 6.45) is 0.778. The lowest BCUT2D eigenvalue weighted by molar-refractivity contribution is 0.0688. The maximum Gasteiger partial charge on any atom is 0.407 e. The summed E-state index contributed by atoms with van der Waals surface area (Å²) in [5.41, 5.74) is 1.21. The van der Waals surface area contributed by atoms with Gasteiger partial charge in [-0.2, -0.15) is 0 Å². The van der Waals surface area contributed by atoms with Crippen LogP contribution in [-0.2, 0) is 17.9 Å². The third-order valence-electron chi connectivity index (χ3n) is 2.73. The number of nitrogens with zero attached hydrogens (tertiary/aromatic N) is 1. The molecule has 1 amide bonds. The Morgan fingerprint density at radius 2 is 1.90 bits per heavy atom. The Morgan fingerprint density at radius 1 is 1.14 bits per heavy atom. The van der Waals surface area contributed by atoms with Crippen molar-refractivity contribution in [1.29, 1.82) is 0 Å². The Labute approximate surface area is 121 Å². The normalized spacial score (nSPS) is 9.90. The van der Waals surface area contributed by atoms with Gasteiger partial charge in [0.2, 0.25) is 0 Å². The maximum atomic E-state index is 11.6. The summed E-state index contributed by atoms with van der Waals surface area (Å²) in [6.45, 7) is 0.203. The second kappa shape index (κ2) is 7.04. The van der Waals surface area contributed by atoms with E-state index in [0.717, 1.165) is 5.56 Å². The lowest BCUT2D eigenvalue weighted by atomic mass is 10.2. The zero-order valence-corrected chi connectivity index (χ0v) is 11.2. The topological polar surface area (TPSA) is 88.5 Å². The first-order valence-corrected chi connectivity index (χ1v) is 6.28. The van der Waals surface area contributed by atoms with Crippen LogP contribution in [-0.4, -0.2) is 22.2 Å². The molecule has 0 unspecified atom stereocenters. The molecule has 0 atom stereocenters. The second-order valence-electron chi connectivity index (χ2n) is 4.23. The zero-order chi connectivity index (χ0) is 15.1. The average molecular weight is 286 g/mol. The van der Waals surface area contributed by atoms with Crippen LogP contribution in [0.4, 0.5) is 4.79 Å². The van der Waals surface area contributed by atoms with Crippen LogP contribution in [0.5, 0.6) is 0 Å². The predicted octanol–water partition coefficient (Wildman–Crippen LogP) is 2.21. The summed E-state index contributed by atoms with van der Waals surface area (Å²) in [5, 5.41) is 11.5. The van der Waals surface area contributed by atoms with Crippen LogP contribution >= 0.6 is 0 Å². The van der Waals surface area contributed by atoms with Gasteiger partial charge in [0, 0.05) is 18.3 Å². The zero-order valence-electron chi connectivity index (χ0n) is 11.2. The van der Waals surface area contributed by atoms with E-state index in [4.69, 9.17) is 9.84 Å². The summed E-state index contributed by atoms with van der Waals surface area (Å²) in [7, 11) is 0. The third-order valence-corrected chi connectivity index (χ3v) is 2.73. The maximum absolute atomic E-state index is 11.6. The van der Waals surface area contributed by atoms with E-state index in [2.05, 4.69) is 10.3 Å². The van der Waals surface area contributed by atoms with E-state index in [1.807, 2.05) is 30.3 Å². The van der Waals surface area contributed by atoms with E-state index in [9.17, 15) is 9.59 Å². The molecule has 6 heteroatoms. The first-order chi connectivity index (χ1) is 10.2. The fourth-order valence-electron chi connectivity index (χ4n) is 1.72. The van der Waals surface area contributed by atoms with Crippen LogP contribution in [0.1, 0.15) is 21.6 Å². The van der Waals surface area contributed by atoms with Crippen molar-refractivity contribution in [1.82, 2.24) is 10.3 Å². The van der Waals surface area contributed by atoms with Crippen molar-refractivity contribution in [3.8, 4) is 0 Å². The fraction of sp³-hybridized carbons (Fsp3) is 0.133. The largest absolute Gasteiger partial charge is 0.477 e. The lowest BCUT2D eigenvalue weighted by Crippen LogP contribution is -2.25. The van der Waals surface area contributed by atoms with Gasteiger partial charge in [-0.15, -0.1) is 0 Å². The molecule has 2 N–H and O–H groups in total. The van der Waals surface area contributed by atoms with Gasteiger partial charge in [0.15, 0.2) is 5.69 Å². The molecule has 0 saturated carbocycles. The number of carboxylic acids is 1. The molecule has 1 aromatic carbocycles. The molecular formula is C15H14N2O4. The number of alkyl carbamates (subject to hydrolysis) is 1. The minimum Gasteiger partial charge on any atom is -0.477 e.